The molecule has 316 valence electrons. The van der Waals surface area contributed by atoms with Gasteiger partial charge in [0.05, 0.1) is 70.7 Å². The molecular formula is C36H50Cl4N14O4. The summed E-state index contributed by atoms with van der Waals surface area (Å²) in [5, 5.41) is 36.9. The Bertz CT molecular complexity index is 1930. The lowest BCUT2D eigenvalue weighted by molar-refractivity contribution is -0.0287. The molecular weight excluding hydrogens is 834 g/mol. The molecule has 4 aromatic rings. The molecule has 0 radical (unpaired) electrons. The van der Waals surface area contributed by atoms with Crippen LogP contribution in [-0.4, -0.2) is 127 Å². The van der Waals surface area contributed by atoms with Crippen LogP contribution >= 0.6 is 46.4 Å². The zero-order chi connectivity index (χ0) is 41.6. The average Bonchev–Trinajstić information content (AvgIpc) is 3.89. The van der Waals surface area contributed by atoms with E-state index in [1.54, 1.807) is 16.8 Å². The van der Waals surface area contributed by atoms with Crippen LogP contribution in [0.4, 0.5) is 9.59 Å². The number of halogens is 4. The van der Waals surface area contributed by atoms with E-state index in [2.05, 4.69) is 62.0 Å². The molecule has 0 bridgehead atoms. The van der Waals surface area contributed by atoms with Gasteiger partial charge in [0.2, 0.25) is 0 Å². The first-order chi connectivity index (χ1) is 27.8. The topological polar surface area (TPSA) is 194 Å². The number of carbonyl (C=O) groups excluding carboxylic acids is 2. The Morgan fingerprint density at radius 3 is 1.72 bits per heavy atom. The Kier molecular flexibility index (Phi) is 17.5. The highest BCUT2D eigenvalue weighted by molar-refractivity contribution is 6.42. The van der Waals surface area contributed by atoms with Gasteiger partial charge in [-0.2, -0.15) is 4.80 Å². The van der Waals surface area contributed by atoms with E-state index in [1.807, 2.05) is 52.0 Å². The maximum Gasteiger partial charge on any atom is 0.315 e. The predicted molar refractivity (Wildman–Crippen MR) is 220 cm³/mol. The summed E-state index contributed by atoms with van der Waals surface area (Å²) in [5.41, 5.74) is 2.18. The van der Waals surface area contributed by atoms with Crippen LogP contribution in [0.2, 0.25) is 20.1 Å². The maximum atomic E-state index is 12.1. The Labute approximate surface area is 357 Å². The number of amides is 4. The number of aromatic nitrogens is 8. The Morgan fingerprint density at radius 2 is 1.24 bits per heavy atom. The second-order valence-electron chi connectivity index (χ2n) is 14.3. The summed E-state index contributed by atoms with van der Waals surface area (Å²) in [6, 6.07) is 11.0. The second kappa shape index (κ2) is 22.5. The van der Waals surface area contributed by atoms with Gasteiger partial charge in [-0.05, 0) is 78.7 Å². The summed E-state index contributed by atoms with van der Waals surface area (Å²) in [7, 11) is 0. The summed E-state index contributed by atoms with van der Waals surface area (Å²) < 4.78 is 13.2. The molecule has 2 aromatic carbocycles. The third-order valence-electron chi connectivity index (χ3n) is 9.00. The van der Waals surface area contributed by atoms with Gasteiger partial charge in [0, 0.05) is 52.4 Å². The zero-order valence-corrected chi connectivity index (χ0v) is 35.9. The van der Waals surface area contributed by atoms with E-state index in [0.717, 1.165) is 37.3 Å². The Hall–Kier alpha value is -3.88. The number of morpholine rings is 2. The normalized spacial score (nSPS) is 17.5. The Balaban J connectivity index is 0.000000221. The lowest BCUT2D eigenvalue weighted by Crippen LogP contribution is -2.48. The van der Waals surface area contributed by atoms with Crippen LogP contribution in [0.25, 0.3) is 0 Å². The van der Waals surface area contributed by atoms with Crippen LogP contribution in [0.15, 0.2) is 36.4 Å². The van der Waals surface area contributed by atoms with E-state index in [1.165, 1.54) is 4.80 Å². The minimum Gasteiger partial charge on any atom is -0.374 e. The summed E-state index contributed by atoms with van der Waals surface area (Å²) in [5.74, 6) is 1.08. The fourth-order valence-electron chi connectivity index (χ4n) is 6.02. The molecule has 4 N–H and O–H groups in total. The summed E-state index contributed by atoms with van der Waals surface area (Å²) in [6.07, 6.45) is -0.171. The van der Waals surface area contributed by atoms with Crippen molar-refractivity contribution in [1.82, 2.24) is 71.5 Å². The molecule has 22 heteroatoms. The molecule has 2 saturated heterocycles. The lowest BCUT2D eigenvalue weighted by Gasteiger charge is -2.33. The number of benzene rings is 2. The highest BCUT2D eigenvalue weighted by atomic mass is 35.5. The van der Waals surface area contributed by atoms with Crippen LogP contribution in [0, 0.1) is 0 Å². The summed E-state index contributed by atoms with van der Waals surface area (Å²) in [6.45, 7) is 15.0. The molecule has 0 aliphatic carbocycles. The molecule has 4 amide bonds. The summed E-state index contributed by atoms with van der Waals surface area (Å²) in [4.78, 5) is 30.2. The minimum atomic E-state index is -0.295. The van der Waals surface area contributed by atoms with Crippen molar-refractivity contribution in [3.63, 3.8) is 0 Å². The molecule has 2 fully saturated rings. The third-order valence-corrected chi connectivity index (χ3v) is 10.5. The standard InChI is InChI=1S/2C18H25Cl2N7O2/c1-12(2)27-17(23-24-25-27)9-22-18(28)21-8-14-11-26(5-6-29-14)10-13-3-4-15(19)16(20)7-13;1-12(2)27-24-17(23-25-27)9-22-18(28)21-8-14-11-26(5-6-29-14)10-13-3-4-15(19)16(20)7-13/h2*3-4,7,12,14H,5-6,8-11H2,1-2H3,(H2,21,22,28)/t2*14-/m00/s1. The molecule has 0 spiro atoms. The van der Waals surface area contributed by atoms with E-state index in [-0.39, 0.29) is 49.4 Å². The lowest BCUT2D eigenvalue weighted by atomic mass is 10.2. The van der Waals surface area contributed by atoms with Crippen molar-refractivity contribution in [3.05, 3.63) is 79.3 Å². The highest BCUT2D eigenvalue weighted by Crippen LogP contribution is 2.25. The van der Waals surface area contributed by atoms with Crippen molar-refractivity contribution >= 4 is 58.5 Å². The van der Waals surface area contributed by atoms with Gasteiger partial charge >= 0.3 is 12.1 Å². The number of nitrogens with one attached hydrogen (secondary N) is 4. The van der Waals surface area contributed by atoms with Crippen LogP contribution < -0.4 is 21.3 Å². The SMILES string of the molecule is CC(C)n1nnc(CNC(=O)NC[C@H]2CN(Cc3ccc(Cl)c(Cl)c3)CCO2)n1.CC(C)n1nnnc1CNC(=O)NC[C@H]1CN(Cc2ccc(Cl)c(Cl)c2)CCO1. The molecule has 0 unspecified atom stereocenters. The molecule has 4 heterocycles. The van der Waals surface area contributed by atoms with E-state index in [9.17, 15) is 9.59 Å². The van der Waals surface area contributed by atoms with Crippen molar-refractivity contribution in [2.75, 3.05) is 52.5 Å². The van der Waals surface area contributed by atoms with Crippen molar-refractivity contribution in [2.45, 2.75) is 78.2 Å². The van der Waals surface area contributed by atoms with Gasteiger partial charge in [0.25, 0.3) is 0 Å². The van der Waals surface area contributed by atoms with Gasteiger partial charge in [-0.25, -0.2) is 14.3 Å². The number of hydrogen-bond acceptors (Lipinski definition) is 12. The van der Waals surface area contributed by atoms with Crippen molar-refractivity contribution in [2.24, 2.45) is 0 Å². The van der Waals surface area contributed by atoms with E-state index < -0.39 is 0 Å². The van der Waals surface area contributed by atoms with Gasteiger partial charge in [-0.1, -0.05) is 58.5 Å². The number of ether oxygens (including phenoxy) is 2. The molecule has 2 aromatic heterocycles. The fraction of sp³-hybridized carbons (Fsp3) is 0.556. The number of nitrogens with zero attached hydrogens (tertiary/aromatic N) is 10. The fourth-order valence-corrected chi connectivity index (χ4v) is 6.66. The number of tetrazole rings is 2. The van der Waals surface area contributed by atoms with Crippen LogP contribution in [0.5, 0.6) is 0 Å². The van der Waals surface area contributed by atoms with Crippen molar-refractivity contribution in [1.29, 1.82) is 0 Å². The molecule has 58 heavy (non-hydrogen) atoms. The van der Waals surface area contributed by atoms with E-state index >= 15 is 0 Å². The van der Waals surface area contributed by atoms with E-state index in [0.29, 0.717) is 71.1 Å². The van der Waals surface area contributed by atoms with Gasteiger partial charge in [-0.15, -0.1) is 15.3 Å². The van der Waals surface area contributed by atoms with Gasteiger partial charge < -0.3 is 30.7 Å². The van der Waals surface area contributed by atoms with Gasteiger partial charge in [0.15, 0.2) is 11.6 Å². The highest BCUT2D eigenvalue weighted by Gasteiger charge is 2.23. The maximum absolute atomic E-state index is 12.1. The number of hydrogen-bond donors (Lipinski definition) is 4. The number of rotatable bonds is 14. The summed E-state index contributed by atoms with van der Waals surface area (Å²) >= 11 is 24.1. The van der Waals surface area contributed by atoms with Crippen molar-refractivity contribution < 1.29 is 19.1 Å². The molecule has 0 saturated carbocycles. The molecule has 2 aliphatic rings. The first-order valence-corrected chi connectivity index (χ1v) is 20.5. The van der Waals surface area contributed by atoms with Crippen LogP contribution in [0.3, 0.4) is 0 Å². The van der Waals surface area contributed by atoms with Gasteiger partial charge in [-0.3, -0.25) is 9.80 Å². The quantitative estimate of drug-likeness (QED) is 0.139. The minimum absolute atomic E-state index is 0.0849. The van der Waals surface area contributed by atoms with Crippen LogP contribution in [-0.2, 0) is 35.7 Å². The Morgan fingerprint density at radius 1 is 0.707 bits per heavy atom. The predicted octanol–water partition coefficient (Wildman–Crippen LogP) is 4.52. The molecule has 2 aliphatic heterocycles. The monoisotopic (exact) mass is 882 g/mol. The molecule has 18 nitrogen and oxygen atoms in total. The number of urea groups is 2. The van der Waals surface area contributed by atoms with Gasteiger partial charge in [0.1, 0.15) is 0 Å². The third kappa shape index (κ3) is 14.4. The second-order valence-corrected chi connectivity index (χ2v) is 16.0. The first kappa shape index (κ1) is 45.2. The number of carbonyl (C=O) groups is 2. The molecule has 2 atom stereocenters. The van der Waals surface area contributed by atoms with Crippen LogP contribution in [0.1, 0.15) is 62.6 Å². The van der Waals surface area contributed by atoms with Crippen molar-refractivity contribution in [3.8, 4) is 0 Å². The largest absolute Gasteiger partial charge is 0.374 e. The molecule has 6 rings (SSSR count). The first-order valence-electron chi connectivity index (χ1n) is 19.0. The zero-order valence-electron chi connectivity index (χ0n) is 32.9. The average molecular weight is 885 g/mol. The smallest absolute Gasteiger partial charge is 0.315 e. The van der Waals surface area contributed by atoms with E-state index in [4.69, 9.17) is 55.9 Å².